The summed E-state index contributed by atoms with van der Waals surface area (Å²) < 4.78 is 0. The van der Waals surface area contributed by atoms with Gasteiger partial charge in [-0.2, -0.15) is 11.3 Å². The molecule has 80 valence electrons. The fourth-order valence-electron chi connectivity index (χ4n) is 1.39. The minimum absolute atomic E-state index is 0. The molecule has 1 N–H and O–H groups in total. The van der Waals surface area contributed by atoms with Crippen LogP contribution in [0, 0.1) is 38.5 Å². The number of aliphatic hydroxyl groups excluding tert-OH is 1. The number of hydrogen-bond donors (Lipinski definition) is 1. The summed E-state index contributed by atoms with van der Waals surface area (Å²) in [5, 5.41) is 10.0. The largest absolute Gasteiger partial charge is 2.00 e. The van der Waals surface area contributed by atoms with Crippen molar-refractivity contribution in [3.05, 3.63) is 23.0 Å². The number of nitrogens with zero attached hydrogens (tertiary/aromatic N) is 2. The Balaban J connectivity index is 0.000000980. The fraction of sp³-hybridized carbons (Fsp3) is 0.444. The number of fused-ring (bicyclic) bond motifs is 1. The molecule has 0 aliphatic carbocycles. The normalized spacial score (nSPS) is 19.7. The van der Waals surface area contributed by atoms with Gasteiger partial charge in [0.15, 0.2) is 0 Å². The summed E-state index contributed by atoms with van der Waals surface area (Å²) in [5.74, 6) is 0. The number of carbonyl (C=O) groups excluding carboxylic acids is 1. The molecular weight excluding hydrogens is 438 g/mol. The zero-order valence-corrected chi connectivity index (χ0v) is 13.6. The van der Waals surface area contributed by atoms with Gasteiger partial charge in [-0.1, -0.05) is 0 Å². The van der Waals surface area contributed by atoms with Crippen molar-refractivity contribution in [2.75, 3.05) is 13.6 Å². The molecule has 1 unspecified atom stereocenters. The van der Waals surface area contributed by atoms with E-state index in [4.69, 9.17) is 0 Å². The predicted molar refractivity (Wildman–Crippen MR) is 54.6 cm³/mol. The van der Waals surface area contributed by atoms with Crippen molar-refractivity contribution in [1.82, 2.24) is 9.88 Å². The number of aromatic nitrogens is 1. The van der Waals surface area contributed by atoms with Crippen LogP contribution in [0.15, 0.2) is 0 Å². The quantitative estimate of drug-likeness (QED) is 0.635. The van der Waals surface area contributed by atoms with Crippen molar-refractivity contribution in [2.24, 2.45) is 0 Å². The van der Waals surface area contributed by atoms with E-state index in [0.29, 0.717) is 5.01 Å². The van der Waals surface area contributed by atoms with E-state index < -0.39 is 6.23 Å². The number of likely N-dealkylation sites (N-methyl/N-ethyl adjacent to an activating group) is 1. The van der Waals surface area contributed by atoms with Gasteiger partial charge in [0.25, 0.3) is 0 Å². The second-order valence-electron chi connectivity index (χ2n) is 3.04. The zero-order valence-electron chi connectivity index (χ0n) is 8.65. The molecular formula is C9H12N2O2SU. The Hall–Kier alpha value is 0.272. The van der Waals surface area contributed by atoms with E-state index in [1.54, 1.807) is 6.29 Å². The molecule has 1 aromatic rings. The first-order valence-corrected chi connectivity index (χ1v) is 4.80. The maximum absolute atomic E-state index is 10.3. The summed E-state index contributed by atoms with van der Waals surface area (Å²) in [6.45, 7) is 0.774. The van der Waals surface area contributed by atoms with Crippen LogP contribution in [0.25, 0.3) is 0 Å². The second kappa shape index (κ2) is 6.12. The topological polar surface area (TPSA) is 53.4 Å². The summed E-state index contributed by atoms with van der Waals surface area (Å²) in [6, 6.07) is 0. The van der Waals surface area contributed by atoms with Crippen molar-refractivity contribution < 1.29 is 41.0 Å². The molecule has 1 aromatic heterocycles. The Morgan fingerprint density at radius 3 is 2.93 bits per heavy atom. The van der Waals surface area contributed by atoms with E-state index >= 15 is 0 Å². The number of rotatable bonds is 1. The summed E-state index contributed by atoms with van der Waals surface area (Å²) in [6.07, 6.45) is 1.93. The van der Waals surface area contributed by atoms with Crippen LogP contribution < -0.4 is 0 Å². The fourth-order valence-corrected chi connectivity index (χ4v) is 2.35. The van der Waals surface area contributed by atoms with Crippen LogP contribution >= 0.6 is 11.3 Å². The van der Waals surface area contributed by atoms with Gasteiger partial charge >= 0.3 is 31.1 Å². The Kier molecular flexibility index (Phi) is 6.23. The Morgan fingerprint density at radius 2 is 2.33 bits per heavy atom. The van der Waals surface area contributed by atoms with Crippen molar-refractivity contribution in [3.8, 4) is 0 Å². The molecule has 6 heteroatoms. The molecule has 0 amide bonds. The molecule has 0 spiro atoms. The molecule has 4 nitrogen and oxygen atoms in total. The summed E-state index contributed by atoms with van der Waals surface area (Å²) in [5.41, 5.74) is 0.842. The van der Waals surface area contributed by atoms with E-state index in [9.17, 15) is 9.90 Å². The van der Waals surface area contributed by atoms with Gasteiger partial charge in [0.05, 0.1) is 10.6 Å². The first-order valence-electron chi connectivity index (χ1n) is 3.98. The van der Waals surface area contributed by atoms with Crippen LogP contribution in [-0.4, -0.2) is 34.9 Å². The van der Waals surface area contributed by atoms with Crippen LogP contribution in [0.4, 0.5) is 0 Å². The van der Waals surface area contributed by atoms with E-state index in [2.05, 4.69) is 4.98 Å². The molecule has 2 rings (SSSR count). The van der Waals surface area contributed by atoms with Crippen molar-refractivity contribution in [2.45, 2.75) is 12.6 Å². The third-order valence-electron chi connectivity index (χ3n) is 2.17. The Bertz CT molecular complexity index is 343. The third-order valence-corrected chi connectivity index (χ3v) is 3.20. The number of thiazole rings is 1. The molecule has 0 fully saturated rings. The van der Waals surface area contributed by atoms with Gasteiger partial charge in [-0.15, -0.1) is 0 Å². The third kappa shape index (κ3) is 2.89. The van der Waals surface area contributed by atoms with Gasteiger partial charge in [-0.05, 0) is 12.1 Å². The SMILES string of the molecule is CN1CCc2nc([C-]=O)sc2C1O.[CH3-].[U+2]. The smallest absolute Gasteiger partial charge is 0.535 e. The summed E-state index contributed by atoms with van der Waals surface area (Å²) in [4.78, 5) is 17.0. The van der Waals surface area contributed by atoms with Crippen molar-refractivity contribution in [1.29, 1.82) is 0 Å². The van der Waals surface area contributed by atoms with Gasteiger partial charge < -0.3 is 17.3 Å². The van der Waals surface area contributed by atoms with Crippen LogP contribution in [0.1, 0.15) is 21.8 Å². The predicted octanol–water partition coefficient (Wildman–Crippen LogP) is 0.530. The summed E-state index contributed by atoms with van der Waals surface area (Å²) >= 11 is 1.22. The Labute approximate surface area is 117 Å². The minimum Gasteiger partial charge on any atom is -0.535 e. The molecule has 15 heavy (non-hydrogen) atoms. The van der Waals surface area contributed by atoms with Crippen LogP contribution in [0.2, 0.25) is 0 Å². The maximum atomic E-state index is 10.3. The monoisotopic (exact) mass is 450 g/mol. The molecule has 2 heterocycles. The van der Waals surface area contributed by atoms with E-state index in [1.165, 1.54) is 11.3 Å². The molecule has 0 saturated carbocycles. The first kappa shape index (κ1) is 15.3. The number of aliphatic hydroxyl groups is 1. The van der Waals surface area contributed by atoms with Gasteiger partial charge in [0, 0.05) is 13.0 Å². The zero-order chi connectivity index (χ0) is 9.42. The molecule has 1 atom stereocenters. The maximum Gasteiger partial charge on any atom is 2.00 e. The standard InChI is InChI=1S/C8H9N2O2S.CH3.U/c1-10-3-2-5-7(8(10)12)13-6(4-11)9-5;;/h8,12H,2-3H2,1H3;1H3;/q2*-1;+2. The van der Waals surface area contributed by atoms with Crippen molar-refractivity contribution in [3.63, 3.8) is 0 Å². The van der Waals surface area contributed by atoms with Gasteiger partial charge in [0.1, 0.15) is 6.23 Å². The molecule has 0 saturated heterocycles. The molecule has 1 aliphatic rings. The second-order valence-corrected chi connectivity index (χ2v) is 4.07. The number of hydrogen-bond acceptors (Lipinski definition) is 5. The van der Waals surface area contributed by atoms with Crippen molar-refractivity contribution >= 4 is 17.6 Å². The van der Waals surface area contributed by atoms with Crippen LogP contribution in [0.5, 0.6) is 0 Å². The molecule has 0 radical (unpaired) electrons. The van der Waals surface area contributed by atoms with E-state index in [-0.39, 0.29) is 38.5 Å². The van der Waals surface area contributed by atoms with E-state index in [0.717, 1.165) is 23.5 Å². The minimum atomic E-state index is -0.608. The van der Waals surface area contributed by atoms with Crippen LogP contribution in [0.3, 0.4) is 0 Å². The van der Waals surface area contributed by atoms with Crippen LogP contribution in [-0.2, 0) is 11.2 Å². The Morgan fingerprint density at radius 1 is 1.67 bits per heavy atom. The molecule has 1 aliphatic heterocycles. The van der Waals surface area contributed by atoms with E-state index in [1.807, 2.05) is 11.9 Å². The van der Waals surface area contributed by atoms with Gasteiger partial charge in [-0.3, -0.25) is 9.88 Å². The molecule has 0 aromatic carbocycles. The summed E-state index contributed by atoms with van der Waals surface area (Å²) in [7, 11) is 1.84. The average molecular weight is 450 g/mol. The van der Waals surface area contributed by atoms with Gasteiger partial charge in [-0.25, -0.2) is 6.29 Å². The molecule has 0 bridgehead atoms. The average Bonchev–Trinajstić information content (AvgIpc) is 2.55. The van der Waals surface area contributed by atoms with Gasteiger partial charge in [0.2, 0.25) is 0 Å². The first-order chi connectivity index (χ1) is 6.22.